The van der Waals surface area contributed by atoms with Crippen LogP contribution in [0.1, 0.15) is 40.5 Å². The zero-order chi connectivity index (χ0) is 20.4. The van der Waals surface area contributed by atoms with E-state index in [1.807, 2.05) is 31.3 Å². The molecule has 1 aliphatic carbocycles. The summed E-state index contributed by atoms with van der Waals surface area (Å²) in [4.78, 5) is 12.9. The van der Waals surface area contributed by atoms with E-state index in [9.17, 15) is 4.79 Å². The molecule has 3 aromatic rings. The largest absolute Gasteiger partial charge is 0.497 e. The molecule has 1 N–H and O–H groups in total. The van der Waals surface area contributed by atoms with Gasteiger partial charge in [0.2, 0.25) is 0 Å². The second kappa shape index (κ2) is 7.99. The number of nitrogens with zero attached hydrogens (tertiary/aromatic N) is 2. The molecule has 2 aromatic carbocycles. The molecule has 0 fully saturated rings. The van der Waals surface area contributed by atoms with Crippen molar-refractivity contribution >= 4 is 5.91 Å². The van der Waals surface area contributed by atoms with Gasteiger partial charge in [-0.25, -0.2) is 0 Å². The van der Waals surface area contributed by atoms with Gasteiger partial charge in [-0.2, -0.15) is 5.10 Å². The highest BCUT2D eigenvalue weighted by Gasteiger charge is 2.24. The van der Waals surface area contributed by atoms with E-state index in [1.54, 1.807) is 25.0 Å². The van der Waals surface area contributed by atoms with Gasteiger partial charge in [-0.3, -0.25) is 9.48 Å². The second-order valence-electron chi connectivity index (χ2n) is 7.22. The minimum atomic E-state index is -0.166. The maximum absolute atomic E-state index is 12.9. The summed E-state index contributed by atoms with van der Waals surface area (Å²) in [6.45, 7) is 0. The Balaban J connectivity index is 1.60. The molecule has 1 heterocycles. The van der Waals surface area contributed by atoms with E-state index in [2.05, 4.69) is 28.6 Å². The predicted molar refractivity (Wildman–Crippen MR) is 111 cm³/mol. The Morgan fingerprint density at radius 1 is 1.14 bits per heavy atom. The highest BCUT2D eigenvalue weighted by atomic mass is 16.5. The van der Waals surface area contributed by atoms with Gasteiger partial charge in [0.05, 0.1) is 26.0 Å². The lowest BCUT2D eigenvalue weighted by molar-refractivity contribution is 0.0927. The van der Waals surface area contributed by atoms with E-state index >= 15 is 0 Å². The number of amides is 1. The molecule has 0 radical (unpaired) electrons. The van der Waals surface area contributed by atoms with Gasteiger partial charge in [0.1, 0.15) is 11.5 Å². The van der Waals surface area contributed by atoms with E-state index in [-0.39, 0.29) is 11.9 Å². The predicted octanol–water partition coefficient (Wildman–Crippen LogP) is 3.91. The molecule has 150 valence electrons. The van der Waals surface area contributed by atoms with Crippen LogP contribution in [0.15, 0.2) is 48.5 Å². The van der Waals surface area contributed by atoms with Crippen LogP contribution in [0, 0.1) is 0 Å². The summed E-state index contributed by atoms with van der Waals surface area (Å²) in [7, 11) is 5.05. The summed E-state index contributed by atoms with van der Waals surface area (Å²) >= 11 is 0. The Labute approximate surface area is 170 Å². The SMILES string of the molecule is COc1ccc(-c2cc(C(=O)N[C@H]3CCCc4ccccc43)nn2C)c(OC)c1. The first-order chi connectivity index (χ1) is 14.1. The average molecular weight is 391 g/mol. The van der Waals surface area contributed by atoms with Crippen molar-refractivity contribution in [1.82, 2.24) is 15.1 Å². The normalized spacial score (nSPS) is 15.5. The zero-order valence-electron chi connectivity index (χ0n) is 16.9. The van der Waals surface area contributed by atoms with E-state index in [1.165, 1.54) is 11.1 Å². The van der Waals surface area contributed by atoms with Crippen molar-refractivity contribution in [3.8, 4) is 22.8 Å². The number of fused-ring (bicyclic) bond motifs is 1. The van der Waals surface area contributed by atoms with Gasteiger partial charge in [-0.05, 0) is 48.6 Å². The molecule has 29 heavy (non-hydrogen) atoms. The number of methoxy groups -OCH3 is 2. The monoisotopic (exact) mass is 391 g/mol. The number of nitrogens with one attached hydrogen (secondary N) is 1. The lowest BCUT2D eigenvalue weighted by atomic mass is 9.87. The molecule has 0 saturated heterocycles. The Bertz CT molecular complexity index is 1040. The number of ether oxygens (including phenoxy) is 2. The minimum Gasteiger partial charge on any atom is -0.497 e. The third-order valence-corrected chi connectivity index (χ3v) is 5.47. The van der Waals surface area contributed by atoms with Crippen molar-refractivity contribution in [2.75, 3.05) is 14.2 Å². The fourth-order valence-electron chi connectivity index (χ4n) is 3.98. The van der Waals surface area contributed by atoms with E-state index in [0.29, 0.717) is 17.2 Å². The van der Waals surface area contributed by atoms with Gasteiger partial charge in [-0.1, -0.05) is 24.3 Å². The molecule has 6 heteroatoms. The van der Waals surface area contributed by atoms with Crippen LogP contribution in [-0.2, 0) is 13.5 Å². The fraction of sp³-hybridized carbons (Fsp3) is 0.304. The van der Waals surface area contributed by atoms with E-state index in [0.717, 1.165) is 30.5 Å². The smallest absolute Gasteiger partial charge is 0.272 e. The molecule has 0 bridgehead atoms. The Kier molecular flexibility index (Phi) is 5.25. The summed E-state index contributed by atoms with van der Waals surface area (Å²) in [6.07, 6.45) is 3.07. The number of rotatable bonds is 5. The number of hydrogen-bond donors (Lipinski definition) is 1. The summed E-state index contributed by atoms with van der Waals surface area (Å²) in [5.74, 6) is 1.21. The van der Waals surface area contributed by atoms with Gasteiger partial charge < -0.3 is 14.8 Å². The topological polar surface area (TPSA) is 65.4 Å². The Hall–Kier alpha value is -3.28. The maximum atomic E-state index is 12.9. The van der Waals surface area contributed by atoms with Crippen LogP contribution in [0.4, 0.5) is 0 Å². The first-order valence-electron chi connectivity index (χ1n) is 9.76. The average Bonchev–Trinajstić information content (AvgIpc) is 3.15. The molecule has 0 saturated carbocycles. The molecule has 1 atom stereocenters. The third kappa shape index (κ3) is 3.70. The van der Waals surface area contributed by atoms with Crippen molar-refractivity contribution in [3.05, 3.63) is 65.4 Å². The molecular weight excluding hydrogens is 366 g/mol. The Morgan fingerprint density at radius 2 is 1.97 bits per heavy atom. The highest BCUT2D eigenvalue weighted by Crippen LogP contribution is 2.34. The van der Waals surface area contributed by atoms with Crippen molar-refractivity contribution in [2.45, 2.75) is 25.3 Å². The van der Waals surface area contributed by atoms with Gasteiger partial charge in [0.15, 0.2) is 5.69 Å². The summed E-state index contributed by atoms with van der Waals surface area (Å²) in [5, 5.41) is 7.61. The molecule has 0 spiro atoms. The number of aryl methyl sites for hydroxylation is 2. The number of aromatic nitrogens is 2. The Morgan fingerprint density at radius 3 is 2.76 bits per heavy atom. The highest BCUT2D eigenvalue weighted by molar-refractivity contribution is 5.94. The summed E-state index contributed by atoms with van der Waals surface area (Å²) < 4.78 is 12.5. The van der Waals surface area contributed by atoms with Crippen molar-refractivity contribution < 1.29 is 14.3 Å². The fourth-order valence-corrected chi connectivity index (χ4v) is 3.98. The van der Waals surface area contributed by atoms with E-state index in [4.69, 9.17) is 9.47 Å². The molecule has 1 amide bonds. The van der Waals surface area contributed by atoms with Crippen molar-refractivity contribution in [3.63, 3.8) is 0 Å². The van der Waals surface area contributed by atoms with Crippen LogP contribution in [-0.4, -0.2) is 29.9 Å². The number of hydrogen-bond acceptors (Lipinski definition) is 4. The molecule has 0 aliphatic heterocycles. The van der Waals surface area contributed by atoms with Gasteiger partial charge >= 0.3 is 0 Å². The third-order valence-electron chi connectivity index (χ3n) is 5.47. The van der Waals surface area contributed by atoms with Crippen LogP contribution in [0.25, 0.3) is 11.3 Å². The molecule has 1 aliphatic rings. The first-order valence-corrected chi connectivity index (χ1v) is 9.76. The number of benzene rings is 2. The van der Waals surface area contributed by atoms with Crippen LogP contribution in [0.3, 0.4) is 0 Å². The second-order valence-corrected chi connectivity index (χ2v) is 7.22. The standard InChI is InChI=1S/C23H25N3O3/c1-26-21(18-12-11-16(28-2)13-22(18)29-3)14-20(25-26)23(27)24-19-10-6-8-15-7-4-5-9-17(15)19/h4-5,7,9,11-14,19H,6,8,10H2,1-3H3,(H,24,27)/t19-/m0/s1. The van der Waals surface area contributed by atoms with E-state index < -0.39 is 0 Å². The summed E-state index contributed by atoms with van der Waals surface area (Å²) in [5.41, 5.74) is 4.57. The molecule has 0 unspecified atom stereocenters. The minimum absolute atomic E-state index is 0.0217. The first kappa shape index (κ1) is 19.1. The van der Waals surface area contributed by atoms with Gasteiger partial charge in [0.25, 0.3) is 5.91 Å². The molecule has 6 nitrogen and oxygen atoms in total. The quantitative estimate of drug-likeness (QED) is 0.716. The zero-order valence-corrected chi connectivity index (χ0v) is 16.9. The molecule has 4 rings (SSSR count). The van der Waals surface area contributed by atoms with Crippen LogP contribution < -0.4 is 14.8 Å². The lowest BCUT2D eigenvalue weighted by Crippen LogP contribution is -2.31. The molecular formula is C23H25N3O3. The molecule has 1 aromatic heterocycles. The number of carbonyl (C=O) groups is 1. The van der Waals surface area contributed by atoms with Gasteiger partial charge in [-0.15, -0.1) is 0 Å². The van der Waals surface area contributed by atoms with Crippen molar-refractivity contribution in [2.24, 2.45) is 7.05 Å². The number of carbonyl (C=O) groups excluding carboxylic acids is 1. The van der Waals surface area contributed by atoms with Crippen LogP contribution in [0.2, 0.25) is 0 Å². The lowest BCUT2D eigenvalue weighted by Gasteiger charge is -2.26. The van der Waals surface area contributed by atoms with Gasteiger partial charge in [0, 0.05) is 18.7 Å². The van der Waals surface area contributed by atoms with Crippen LogP contribution >= 0.6 is 0 Å². The van der Waals surface area contributed by atoms with Crippen LogP contribution in [0.5, 0.6) is 11.5 Å². The van der Waals surface area contributed by atoms with Crippen molar-refractivity contribution in [1.29, 1.82) is 0 Å². The maximum Gasteiger partial charge on any atom is 0.272 e. The summed E-state index contributed by atoms with van der Waals surface area (Å²) in [6, 6.07) is 15.7.